The van der Waals surface area contributed by atoms with Gasteiger partial charge in [0.2, 0.25) is 5.91 Å². The van der Waals surface area contributed by atoms with Gasteiger partial charge in [-0.15, -0.1) is 12.4 Å². The monoisotopic (exact) mass is 476 g/mol. The van der Waals surface area contributed by atoms with Gasteiger partial charge in [0.05, 0.1) is 13.2 Å². The molecule has 0 bridgehead atoms. The van der Waals surface area contributed by atoms with Gasteiger partial charge in [-0.2, -0.15) is 0 Å². The molecule has 1 atom stereocenters. The highest BCUT2D eigenvalue weighted by Crippen LogP contribution is 2.43. The van der Waals surface area contributed by atoms with E-state index in [0.29, 0.717) is 19.7 Å². The number of carbonyl (C=O) groups is 2. The number of rotatable bonds is 7. The highest BCUT2D eigenvalue weighted by atomic mass is 35.5. The molecule has 1 fully saturated rings. The van der Waals surface area contributed by atoms with Crippen LogP contribution in [0.4, 0.5) is 0 Å². The van der Waals surface area contributed by atoms with E-state index in [9.17, 15) is 9.59 Å². The summed E-state index contributed by atoms with van der Waals surface area (Å²) in [7, 11) is 0. The van der Waals surface area contributed by atoms with Gasteiger partial charge in [-0.25, -0.2) is 0 Å². The number of hydrogen-bond donors (Lipinski definition) is 1. The fourth-order valence-electron chi connectivity index (χ4n) is 5.51. The number of halogens is 1. The lowest BCUT2D eigenvalue weighted by molar-refractivity contribution is -0.123. The molecule has 2 N–H and O–H groups in total. The third-order valence-electron chi connectivity index (χ3n) is 7.11. The molecule has 2 heterocycles. The number of carbonyl (C=O) groups excluding carboxylic acids is 2. The standard InChI is InChI=1S/C28H28N2O3.ClH/c29-27(32)28(22-7-3-1-4-8-22,23-9-5-2-6-10-23)24-13-15-30(18-24)19-25(31)20-11-12-26-21(17-20)14-16-33-26;/h1-12,17,24H,13-16,18-19H2,(H2,29,32);1H. The Morgan fingerprint density at radius 2 is 1.62 bits per heavy atom. The van der Waals surface area contributed by atoms with Crippen LogP contribution in [0.1, 0.15) is 33.5 Å². The topological polar surface area (TPSA) is 72.6 Å². The van der Waals surface area contributed by atoms with Crippen LogP contribution in [-0.4, -0.2) is 42.8 Å². The molecule has 1 saturated heterocycles. The number of ketones is 1. The zero-order chi connectivity index (χ0) is 22.8. The van der Waals surface area contributed by atoms with Gasteiger partial charge in [-0.1, -0.05) is 60.7 Å². The molecule has 6 heteroatoms. The van der Waals surface area contributed by atoms with Gasteiger partial charge in [0, 0.05) is 18.5 Å². The molecule has 176 valence electrons. The van der Waals surface area contributed by atoms with Gasteiger partial charge in [0.15, 0.2) is 5.78 Å². The average molecular weight is 477 g/mol. The van der Waals surface area contributed by atoms with E-state index in [0.717, 1.165) is 47.4 Å². The maximum Gasteiger partial charge on any atom is 0.232 e. The fraction of sp³-hybridized carbons (Fsp3) is 0.286. The van der Waals surface area contributed by atoms with Crippen LogP contribution < -0.4 is 10.5 Å². The van der Waals surface area contributed by atoms with E-state index in [-0.39, 0.29) is 30.0 Å². The lowest BCUT2D eigenvalue weighted by Gasteiger charge is -2.37. The summed E-state index contributed by atoms with van der Waals surface area (Å²) >= 11 is 0. The minimum absolute atomic E-state index is 0. The maximum atomic E-state index is 13.2. The Kier molecular flexibility index (Phi) is 7.05. The predicted octanol–water partition coefficient (Wildman–Crippen LogP) is 4.02. The molecular weight excluding hydrogens is 448 g/mol. The summed E-state index contributed by atoms with van der Waals surface area (Å²) < 4.78 is 5.56. The van der Waals surface area contributed by atoms with Crippen LogP contribution in [0.15, 0.2) is 78.9 Å². The summed E-state index contributed by atoms with van der Waals surface area (Å²) in [6.45, 7) is 2.38. The van der Waals surface area contributed by atoms with Crippen molar-refractivity contribution in [1.82, 2.24) is 4.90 Å². The van der Waals surface area contributed by atoms with E-state index in [1.54, 1.807) is 0 Å². The smallest absolute Gasteiger partial charge is 0.232 e. The molecule has 3 aromatic rings. The van der Waals surface area contributed by atoms with Gasteiger partial charge < -0.3 is 10.5 Å². The number of benzene rings is 3. The van der Waals surface area contributed by atoms with Crippen LogP contribution in [0, 0.1) is 5.92 Å². The predicted molar refractivity (Wildman–Crippen MR) is 135 cm³/mol. The molecule has 0 aromatic heterocycles. The largest absolute Gasteiger partial charge is 0.493 e. The zero-order valence-electron chi connectivity index (χ0n) is 19.0. The van der Waals surface area contributed by atoms with E-state index in [2.05, 4.69) is 4.90 Å². The van der Waals surface area contributed by atoms with Crippen molar-refractivity contribution in [1.29, 1.82) is 0 Å². The van der Waals surface area contributed by atoms with Crippen molar-refractivity contribution in [3.05, 3.63) is 101 Å². The minimum atomic E-state index is -0.939. The first-order valence-electron chi connectivity index (χ1n) is 11.5. The highest BCUT2D eigenvalue weighted by Gasteiger charge is 2.49. The quantitative estimate of drug-likeness (QED) is 0.523. The number of Topliss-reactive ketones (excluding diaryl/α,β-unsaturated/α-hetero) is 1. The van der Waals surface area contributed by atoms with Crippen LogP contribution in [0.3, 0.4) is 0 Å². The number of hydrogen-bond acceptors (Lipinski definition) is 4. The van der Waals surface area contributed by atoms with Gasteiger partial charge in [0.25, 0.3) is 0 Å². The first-order valence-corrected chi connectivity index (χ1v) is 11.5. The Labute approximate surface area is 206 Å². The summed E-state index contributed by atoms with van der Waals surface area (Å²) in [6, 6.07) is 25.3. The average Bonchev–Trinajstić information content (AvgIpc) is 3.50. The van der Waals surface area contributed by atoms with Crippen molar-refractivity contribution in [2.45, 2.75) is 18.3 Å². The van der Waals surface area contributed by atoms with E-state index in [4.69, 9.17) is 10.5 Å². The molecule has 1 amide bonds. The Morgan fingerprint density at radius 3 is 2.24 bits per heavy atom. The number of primary amides is 1. The highest BCUT2D eigenvalue weighted by molar-refractivity contribution is 5.98. The van der Waals surface area contributed by atoms with E-state index in [1.807, 2.05) is 78.9 Å². The van der Waals surface area contributed by atoms with Crippen LogP contribution in [-0.2, 0) is 16.6 Å². The molecule has 5 rings (SSSR count). The lowest BCUT2D eigenvalue weighted by atomic mass is 9.64. The first-order chi connectivity index (χ1) is 16.1. The summed E-state index contributed by atoms with van der Waals surface area (Å²) in [4.78, 5) is 28.4. The molecule has 2 aliphatic rings. The number of amides is 1. The third-order valence-corrected chi connectivity index (χ3v) is 7.11. The van der Waals surface area contributed by atoms with Crippen LogP contribution >= 0.6 is 12.4 Å². The normalized spacial score (nSPS) is 17.5. The second-order valence-electron chi connectivity index (χ2n) is 8.97. The van der Waals surface area contributed by atoms with Gasteiger partial charge in [0.1, 0.15) is 11.2 Å². The van der Waals surface area contributed by atoms with Gasteiger partial charge >= 0.3 is 0 Å². The molecule has 2 aliphatic heterocycles. The molecule has 0 spiro atoms. The third kappa shape index (κ3) is 4.22. The zero-order valence-corrected chi connectivity index (χ0v) is 19.8. The van der Waals surface area contributed by atoms with Crippen molar-refractivity contribution in [2.75, 3.05) is 26.2 Å². The number of fused-ring (bicyclic) bond motifs is 1. The Morgan fingerprint density at radius 1 is 0.971 bits per heavy atom. The van der Waals surface area contributed by atoms with Gasteiger partial charge in [-0.05, 0) is 53.8 Å². The van der Waals surface area contributed by atoms with Crippen molar-refractivity contribution in [3.8, 4) is 5.75 Å². The summed E-state index contributed by atoms with van der Waals surface area (Å²) in [6.07, 6.45) is 1.63. The Bertz CT molecular complexity index is 1130. The molecule has 0 radical (unpaired) electrons. The van der Waals surface area contributed by atoms with Gasteiger partial charge in [-0.3, -0.25) is 14.5 Å². The van der Waals surface area contributed by atoms with E-state index < -0.39 is 5.41 Å². The number of nitrogens with zero attached hydrogens (tertiary/aromatic N) is 1. The molecular formula is C28H29ClN2O3. The van der Waals surface area contributed by atoms with Crippen LogP contribution in [0.5, 0.6) is 5.75 Å². The Hall–Kier alpha value is -3.15. The van der Waals surface area contributed by atoms with E-state index in [1.165, 1.54) is 0 Å². The first kappa shape index (κ1) is 24.0. The molecule has 5 nitrogen and oxygen atoms in total. The summed E-state index contributed by atoms with van der Waals surface area (Å²) in [5.74, 6) is 0.594. The van der Waals surface area contributed by atoms with Crippen LogP contribution in [0.25, 0.3) is 0 Å². The molecule has 34 heavy (non-hydrogen) atoms. The minimum Gasteiger partial charge on any atom is -0.493 e. The molecule has 1 unspecified atom stereocenters. The number of nitrogens with two attached hydrogens (primary N) is 1. The lowest BCUT2D eigenvalue weighted by Crippen LogP contribution is -2.49. The van der Waals surface area contributed by atoms with Crippen molar-refractivity contribution in [2.24, 2.45) is 11.7 Å². The summed E-state index contributed by atoms with van der Waals surface area (Å²) in [5.41, 5.74) is 8.85. The maximum absolute atomic E-state index is 13.2. The van der Waals surface area contributed by atoms with Crippen molar-refractivity contribution >= 4 is 24.1 Å². The number of ether oxygens (including phenoxy) is 1. The second kappa shape index (κ2) is 10.00. The van der Waals surface area contributed by atoms with E-state index >= 15 is 0 Å². The molecule has 0 aliphatic carbocycles. The molecule has 3 aromatic carbocycles. The van der Waals surface area contributed by atoms with Crippen molar-refractivity contribution < 1.29 is 14.3 Å². The molecule has 0 saturated carbocycles. The second-order valence-corrected chi connectivity index (χ2v) is 8.97. The summed E-state index contributed by atoms with van der Waals surface area (Å²) in [5, 5.41) is 0. The fourth-order valence-corrected chi connectivity index (χ4v) is 5.51. The Balaban J connectivity index is 0.00000274. The van der Waals surface area contributed by atoms with Crippen molar-refractivity contribution in [3.63, 3.8) is 0 Å². The van der Waals surface area contributed by atoms with Crippen LogP contribution in [0.2, 0.25) is 0 Å². The number of likely N-dealkylation sites (tertiary alicyclic amines) is 1. The SMILES string of the molecule is Cl.NC(=O)C(c1ccccc1)(c1ccccc1)C1CCN(CC(=O)c2ccc3c(c2)CCO3)C1.